The molecule has 1 saturated carbocycles. The highest BCUT2D eigenvalue weighted by Gasteiger charge is 2.33. The third-order valence-corrected chi connectivity index (χ3v) is 7.27. The first-order valence-corrected chi connectivity index (χ1v) is 10.1. The normalized spacial score (nSPS) is 16.0. The summed E-state index contributed by atoms with van der Waals surface area (Å²) in [6, 6.07) is 9.71. The van der Waals surface area contributed by atoms with E-state index in [0.717, 1.165) is 17.7 Å². The van der Waals surface area contributed by atoms with Crippen LogP contribution in [0.15, 0.2) is 46.7 Å². The molecule has 7 heteroatoms. The summed E-state index contributed by atoms with van der Waals surface area (Å²) in [5, 5.41) is 4.32. The van der Waals surface area contributed by atoms with E-state index in [4.69, 9.17) is 11.6 Å². The van der Waals surface area contributed by atoms with Crippen LogP contribution >= 0.6 is 22.9 Å². The van der Waals surface area contributed by atoms with Crippen molar-refractivity contribution in [3.05, 3.63) is 51.7 Å². The molecular weight excluding hydrogens is 354 g/mol. The fraction of sp³-hybridized carbons (Fsp3) is 0.312. The number of nitrogens with one attached hydrogen (secondary N) is 1. The average molecular weight is 370 g/mol. The summed E-state index contributed by atoms with van der Waals surface area (Å²) in [5.74, 6) is -0.00455. The third-order valence-electron chi connectivity index (χ3n) is 3.79. The first-order valence-electron chi connectivity index (χ1n) is 7.29. The maximum Gasteiger partial charge on any atom is 0.223 e. The molecule has 1 atom stereocenters. The SMILES string of the molecule is O=C(NCC(c1cccs1)S(=O)(=O)c1ccc(Cl)cc1)C1CC1. The minimum absolute atomic E-state index is 0.0530. The van der Waals surface area contributed by atoms with E-state index in [-0.39, 0.29) is 23.3 Å². The van der Waals surface area contributed by atoms with E-state index < -0.39 is 15.1 Å². The number of rotatable bonds is 6. The minimum Gasteiger partial charge on any atom is -0.354 e. The van der Waals surface area contributed by atoms with Gasteiger partial charge in [0.25, 0.3) is 0 Å². The van der Waals surface area contributed by atoms with Crippen LogP contribution < -0.4 is 5.32 Å². The Morgan fingerprint density at radius 3 is 2.52 bits per heavy atom. The molecule has 1 unspecified atom stereocenters. The van der Waals surface area contributed by atoms with E-state index in [1.807, 2.05) is 11.4 Å². The predicted octanol–water partition coefficient (Wildman–Crippen LogP) is 3.44. The molecule has 0 aliphatic heterocycles. The smallest absolute Gasteiger partial charge is 0.223 e. The molecule has 0 spiro atoms. The Kier molecular flexibility index (Phi) is 4.75. The molecule has 122 valence electrons. The molecule has 2 aromatic rings. The molecule has 23 heavy (non-hydrogen) atoms. The van der Waals surface area contributed by atoms with E-state index in [1.165, 1.54) is 23.5 Å². The molecule has 3 rings (SSSR count). The lowest BCUT2D eigenvalue weighted by Gasteiger charge is -2.17. The fourth-order valence-electron chi connectivity index (χ4n) is 2.31. The van der Waals surface area contributed by atoms with Gasteiger partial charge in [0.1, 0.15) is 5.25 Å². The van der Waals surface area contributed by atoms with Gasteiger partial charge in [0.15, 0.2) is 9.84 Å². The number of sulfone groups is 1. The number of hydrogen-bond acceptors (Lipinski definition) is 4. The van der Waals surface area contributed by atoms with Crippen LogP contribution in [0.2, 0.25) is 5.02 Å². The number of thiophene rings is 1. The molecule has 1 amide bonds. The summed E-state index contributed by atoms with van der Waals surface area (Å²) in [7, 11) is -3.60. The highest BCUT2D eigenvalue weighted by molar-refractivity contribution is 7.91. The molecule has 1 heterocycles. The number of carbonyl (C=O) groups excluding carboxylic acids is 1. The second kappa shape index (κ2) is 6.63. The third kappa shape index (κ3) is 3.76. The highest BCUT2D eigenvalue weighted by Crippen LogP contribution is 2.33. The monoisotopic (exact) mass is 369 g/mol. The van der Waals surface area contributed by atoms with Gasteiger partial charge in [-0.2, -0.15) is 0 Å². The van der Waals surface area contributed by atoms with Gasteiger partial charge in [-0.1, -0.05) is 17.7 Å². The van der Waals surface area contributed by atoms with Crippen LogP contribution in [-0.2, 0) is 14.6 Å². The van der Waals surface area contributed by atoms with Gasteiger partial charge < -0.3 is 5.32 Å². The lowest BCUT2D eigenvalue weighted by atomic mass is 10.3. The van der Waals surface area contributed by atoms with Crippen molar-refractivity contribution in [3.8, 4) is 0 Å². The molecule has 4 nitrogen and oxygen atoms in total. The Morgan fingerprint density at radius 1 is 1.26 bits per heavy atom. The van der Waals surface area contributed by atoms with Crippen molar-refractivity contribution in [1.29, 1.82) is 0 Å². The summed E-state index contributed by atoms with van der Waals surface area (Å²) in [6.07, 6.45) is 1.78. The van der Waals surface area contributed by atoms with E-state index in [2.05, 4.69) is 5.32 Å². The van der Waals surface area contributed by atoms with E-state index in [0.29, 0.717) is 5.02 Å². The van der Waals surface area contributed by atoms with Crippen LogP contribution in [0.4, 0.5) is 0 Å². The van der Waals surface area contributed by atoms with Crippen molar-refractivity contribution in [2.75, 3.05) is 6.54 Å². The first-order chi connectivity index (χ1) is 11.0. The topological polar surface area (TPSA) is 63.2 Å². The van der Waals surface area contributed by atoms with Crippen LogP contribution in [0.25, 0.3) is 0 Å². The summed E-state index contributed by atoms with van der Waals surface area (Å²) in [4.78, 5) is 12.8. The van der Waals surface area contributed by atoms with Crippen molar-refractivity contribution < 1.29 is 13.2 Å². The standard InChI is InChI=1S/C16H16ClNO3S2/c17-12-5-7-13(8-6-12)23(20,21)15(14-2-1-9-22-14)10-18-16(19)11-3-4-11/h1-2,5-9,11,15H,3-4,10H2,(H,18,19). The molecule has 1 aliphatic rings. The minimum atomic E-state index is -3.60. The summed E-state index contributed by atoms with van der Waals surface area (Å²) >= 11 is 7.21. The molecule has 1 aromatic carbocycles. The fourth-order valence-corrected chi connectivity index (χ4v) is 5.22. The molecule has 1 aromatic heterocycles. The second-order valence-electron chi connectivity index (χ2n) is 5.52. The second-order valence-corrected chi connectivity index (χ2v) is 9.07. The molecule has 1 aliphatic carbocycles. The van der Waals surface area contributed by atoms with Crippen LogP contribution in [0.5, 0.6) is 0 Å². The zero-order chi connectivity index (χ0) is 16.4. The van der Waals surface area contributed by atoms with Crippen LogP contribution in [0.1, 0.15) is 23.0 Å². The lowest BCUT2D eigenvalue weighted by Crippen LogP contribution is -2.32. The summed E-state index contributed by atoms with van der Waals surface area (Å²) in [5.41, 5.74) is 0. The molecule has 0 radical (unpaired) electrons. The zero-order valence-electron chi connectivity index (χ0n) is 12.2. The maximum absolute atomic E-state index is 13.0. The Morgan fingerprint density at radius 2 is 1.96 bits per heavy atom. The number of benzene rings is 1. The van der Waals surface area contributed by atoms with Gasteiger partial charge in [-0.25, -0.2) is 8.42 Å². The predicted molar refractivity (Wildman–Crippen MR) is 91.4 cm³/mol. The van der Waals surface area contributed by atoms with Crippen molar-refractivity contribution in [1.82, 2.24) is 5.32 Å². The number of hydrogen-bond donors (Lipinski definition) is 1. The summed E-state index contributed by atoms with van der Waals surface area (Å²) < 4.78 is 25.9. The Hall–Kier alpha value is -1.37. The molecular formula is C16H16ClNO3S2. The molecule has 0 saturated heterocycles. The van der Waals surface area contributed by atoms with Gasteiger partial charge in [-0.15, -0.1) is 11.3 Å². The Labute approximate surface area is 144 Å². The van der Waals surface area contributed by atoms with Crippen LogP contribution in [0, 0.1) is 5.92 Å². The van der Waals surface area contributed by atoms with Gasteiger partial charge in [0.05, 0.1) is 4.90 Å². The van der Waals surface area contributed by atoms with Crippen molar-refractivity contribution in [3.63, 3.8) is 0 Å². The molecule has 1 N–H and O–H groups in total. The van der Waals surface area contributed by atoms with Gasteiger partial charge >= 0.3 is 0 Å². The molecule has 0 bridgehead atoms. The maximum atomic E-state index is 13.0. The van der Waals surface area contributed by atoms with Gasteiger partial charge in [-0.05, 0) is 48.6 Å². The van der Waals surface area contributed by atoms with E-state index >= 15 is 0 Å². The Balaban J connectivity index is 1.87. The van der Waals surface area contributed by atoms with Crippen molar-refractivity contribution >= 4 is 38.7 Å². The van der Waals surface area contributed by atoms with Crippen molar-refractivity contribution in [2.45, 2.75) is 23.0 Å². The number of amides is 1. The average Bonchev–Trinajstić information content (AvgIpc) is 3.24. The molecule has 1 fully saturated rings. The van der Waals surface area contributed by atoms with Gasteiger partial charge in [0, 0.05) is 22.4 Å². The van der Waals surface area contributed by atoms with Crippen molar-refractivity contribution in [2.24, 2.45) is 5.92 Å². The zero-order valence-corrected chi connectivity index (χ0v) is 14.6. The summed E-state index contributed by atoms with van der Waals surface area (Å²) in [6.45, 7) is 0.0841. The van der Waals surface area contributed by atoms with Gasteiger partial charge in [0.2, 0.25) is 5.91 Å². The largest absolute Gasteiger partial charge is 0.354 e. The van der Waals surface area contributed by atoms with Crippen LogP contribution in [-0.4, -0.2) is 20.9 Å². The van der Waals surface area contributed by atoms with E-state index in [1.54, 1.807) is 18.2 Å². The Bertz CT molecular complexity index is 781. The first kappa shape index (κ1) is 16.5. The lowest BCUT2D eigenvalue weighted by molar-refractivity contribution is -0.122. The highest BCUT2D eigenvalue weighted by atomic mass is 35.5. The van der Waals surface area contributed by atoms with Gasteiger partial charge in [-0.3, -0.25) is 4.79 Å². The quantitative estimate of drug-likeness (QED) is 0.848. The van der Waals surface area contributed by atoms with E-state index in [9.17, 15) is 13.2 Å². The van der Waals surface area contributed by atoms with Crippen LogP contribution in [0.3, 0.4) is 0 Å². The number of carbonyl (C=O) groups is 1. The number of halogens is 1.